The van der Waals surface area contributed by atoms with E-state index in [4.69, 9.17) is 0 Å². The number of nitrogens with zero attached hydrogens (tertiary/aromatic N) is 2. The number of nitrogens with one attached hydrogen (secondary N) is 1. The summed E-state index contributed by atoms with van der Waals surface area (Å²) in [4.78, 5) is 4.37. The Morgan fingerprint density at radius 1 is 1.29 bits per heavy atom. The van der Waals surface area contributed by atoms with Crippen molar-refractivity contribution in [3.8, 4) is 11.4 Å². The molecule has 0 bridgehead atoms. The standard InChI is InChI=1S/C10H11N3S/c1-2-14-10-11-9(12-13-10)8-6-4-3-5-7-8/h3-7H,2H2,1H3,(H,11,12,13). The third-order valence-electron chi connectivity index (χ3n) is 1.79. The lowest BCUT2D eigenvalue weighted by Crippen LogP contribution is -1.78. The van der Waals surface area contributed by atoms with Gasteiger partial charge in [-0.05, 0) is 5.75 Å². The van der Waals surface area contributed by atoms with E-state index < -0.39 is 0 Å². The Kier molecular flexibility index (Phi) is 2.84. The van der Waals surface area contributed by atoms with Gasteiger partial charge in [0.05, 0.1) is 0 Å². The maximum Gasteiger partial charge on any atom is 0.208 e. The minimum Gasteiger partial charge on any atom is -0.258 e. The van der Waals surface area contributed by atoms with Crippen LogP contribution >= 0.6 is 11.8 Å². The van der Waals surface area contributed by atoms with Crippen LogP contribution in [0, 0.1) is 0 Å². The molecule has 2 aromatic rings. The molecule has 0 aliphatic carbocycles. The molecule has 0 atom stereocenters. The van der Waals surface area contributed by atoms with Crippen LogP contribution in [0.25, 0.3) is 11.4 Å². The van der Waals surface area contributed by atoms with Crippen molar-refractivity contribution in [2.24, 2.45) is 0 Å². The van der Waals surface area contributed by atoms with E-state index >= 15 is 0 Å². The van der Waals surface area contributed by atoms with Crippen molar-refractivity contribution in [1.29, 1.82) is 0 Å². The summed E-state index contributed by atoms with van der Waals surface area (Å²) in [5, 5.41) is 7.85. The third kappa shape index (κ3) is 1.96. The molecule has 4 heteroatoms. The van der Waals surface area contributed by atoms with Crippen LogP contribution in [-0.2, 0) is 0 Å². The van der Waals surface area contributed by atoms with Crippen LogP contribution in [0.15, 0.2) is 35.5 Å². The SMILES string of the molecule is CCSc1n[nH]c(-c2ccccc2)n1. The van der Waals surface area contributed by atoms with E-state index in [-0.39, 0.29) is 0 Å². The second kappa shape index (κ2) is 4.28. The molecule has 0 aliphatic rings. The predicted octanol–water partition coefficient (Wildman–Crippen LogP) is 2.58. The Labute approximate surface area is 87.0 Å². The molecule has 0 unspecified atom stereocenters. The minimum absolute atomic E-state index is 0.811. The van der Waals surface area contributed by atoms with Crippen LogP contribution in [0.5, 0.6) is 0 Å². The molecule has 1 heterocycles. The highest BCUT2D eigenvalue weighted by molar-refractivity contribution is 7.99. The van der Waals surface area contributed by atoms with Crippen LogP contribution in [0.2, 0.25) is 0 Å². The quantitative estimate of drug-likeness (QED) is 0.783. The summed E-state index contributed by atoms with van der Waals surface area (Å²) >= 11 is 1.64. The Balaban J connectivity index is 2.25. The van der Waals surface area contributed by atoms with E-state index in [9.17, 15) is 0 Å². The van der Waals surface area contributed by atoms with Crippen LogP contribution in [0.3, 0.4) is 0 Å². The second-order valence-electron chi connectivity index (χ2n) is 2.77. The molecule has 0 radical (unpaired) electrons. The summed E-state index contributed by atoms with van der Waals surface area (Å²) in [7, 11) is 0. The zero-order chi connectivity index (χ0) is 9.80. The van der Waals surface area contributed by atoms with Crippen molar-refractivity contribution in [3.05, 3.63) is 30.3 Å². The molecule has 1 N–H and O–H groups in total. The number of aromatic nitrogens is 3. The lowest BCUT2D eigenvalue weighted by atomic mass is 10.2. The van der Waals surface area contributed by atoms with Gasteiger partial charge in [-0.25, -0.2) is 4.98 Å². The summed E-state index contributed by atoms with van der Waals surface area (Å²) in [6.07, 6.45) is 0. The van der Waals surface area contributed by atoms with Gasteiger partial charge in [0, 0.05) is 5.56 Å². The molecule has 3 nitrogen and oxygen atoms in total. The summed E-state index contributed by atoms with van der Waals surface area (Å²) in [5.41, 5.74) is 1.07. The van der Waals surface area contributed by atoms with Crippen LogP contribution in [-0.4, -0.2) is 20.9 Å². The highest BCUT2D eigenvalue weighted by Gasteiger charge is 2.03. The smallest absolute Gasteiger partial charge is 0.208 e. The molecular weight excluding hydrogens is 194 g/mol. The topological polar surface area (TPSA) is 41.6 Å². The summed E-state index contributed by atoms with van der Waals surface area (Å²) in [5.74, 6) is 1.83. The molecule has 14 heavy (non-hydrogen) atoms. The Bertz CT molecular complexity index is 397. The average molecular weight is 205 g/mol. The first-order chi connectivity index (χ1) is 6.90. The first kappa shape index (κ1) is 9.27. The van der Waals surface area contributed by atoms with E-state index in [1.165, 1.54) is 0 Å². The fourth-order valence-electron chi connectivity index (χ4n) is 1.17. The summed E-state index contributed by atoms with van der Waals surface area (Å²) < 4.78 is 0. The Morgan fingerprint density at radius 2 is 2.07 bits per heavy atom. The largest absolute Gasteiger partial charge is 0.258 e. The van der Waals surface area contributed by atoms with Crippen molar-refractivity contribution >= 4 is 11.8 Å². The van der Waals surface area contributed by atoms with Gasteiger partial charge in [-0.3, -0.25) is 5.10 Å². The maximum absolute atomic E-state index is 4.37. The number of aromatic amines is 1. The van der Waals surface area contributed by atoms with Gasteiger partial charge in [0.25, 0.3) is 0 Å². The first-order valence-electron chi connectivity index (χ1n) is 4.51. The van der Waals surface area contributed by atoms with Gasteiger partial charge < -0.3 is 0 Å². The van der Waals surface area contributed by atoms with Gasteiger partial charge in [-0.1, -0.05) is 49.0 Å². The lowest BCUT2D eigenvalue weighted by molar-refractivity contribution is 0.974. The monoisotopic (exact) mass is 205 g/mol. The fourth-order valence-corrected chi connectivity index (χ4v) is 1.69. The van der Waals surface area contributed by atoms with E-state index in [0.717, 1.165) is 22.3 Å². The average Bonchev–Trinajstić information content (AvgIpc) is 2.68. The van der Waals surface area contributed by atoms with Gasteiger partial charge in [-0.2, -0.15) is 0 Å². The van der Waals surface area contributed by atoms with E-state index in [0.29, 0.717) is 0 Å². The van der Waals surface area contributed by atoms with E-state index in [1.807, 2.05) is 30.3 Å². The normalized spacial score (nSPS) is 10.4. The molecule has 0 spiro atoms. The van der Waals surface area contributed by atoms with E-state index in [2.05, 4.69) is 22.1 Å². The van der Waals surface area contributed by atoms with Crippen LogP contribution < -0.4 is 0 Å². The van der Waals surface area contributed by atoms with Gasteiger partial charge in [0.1, 0.15) is 0 Å². The number of benzene rings is 1. The Hall–Kier alpha value is -1.29. The number of rotatable bonds is 3. The van der Waals surface area contributed by atoms with Gasteiger partial charge >= 0.3 is 0 Å². The molecule has 0 saturated carbocycles. The maximum atomic E-state index is 4.37. The number of H-pyrrole nitrogens is 1. The molecule has 0 saturated heterocycles. The lowest BCUT2D eigenvalue weighted by Gasteiger charge is -1.92. The molecule has 1 aromatic heterocycles. The molecule has 72 valence electrons. The molecule has 1 aromatic carbocycles. The predicted molar refractivity (Wildman–Crippen MR) is 58.2 cm³/mol. The number of hydrogen-bond donors (Lipinski definition) is 1. The first-order valence-corrected chi connectivity index (χ1v) is 5.49. The fraction of sp³-hybridized carbons (Fsp3) is 0.200. The summed E-state index contributed by atoms with van der Waals surface area (Å²) in [6, 6.07) is 10.00. The number of thioether (sulfide) groups is 1. The molecular formula is C10H11N3S. The van der Waals surface area contributed by atoms with Crippen molar-refractivity contribution in [1.82, 2.24) is 15.2 Å². The Morgan fingerprint density at radius 3 is 2.79 bits per heavy atom. The van der Waals surface area contributed by atoms with E-state index in [1.54, 1.807) is 11.8 Å². The van der Waals surface area contributed by atoms with Crippen molar-refractivity contribution < 1.29 is 0 Å². The third-order valence-corrected chi connectivity index (χ3v) is 2.52. The van der Waals surface area contributed by atoms with Gasteiger partial charge in [0.2, 0.25) is 5.16 Å². The van der Waals surface area contributed by atoms with Crippen LogP contribution in [0.1, 0.15) is 6.92 Å². The molecule has 0 fully saturated rings. The molecule has 0 amide bonds. The zero-order valence-corrected chi connectivity index (χ0v) is 8.71. The van der Waals surface area contributed by atoms with Crippen LogP contribution in [0.4, 0.5) is 0 Å². The van der Waals surface area contributed by atoms with Gasteiger partial charge in [-0.15, -0.1) is 5.10 Å². The second-order valence-corrected chi connectivity index (χ2v) is 4.00. The highest BCUT2D eigenvalue weighted by atomic mass is 32.2. The number of hydrogen-bond acceptors (Lipinski definition) is 3. The van der Waals surface area contributed by atoms with Crippen molar-refractivity contribution in [2.45, 2.75) is 12.1 Å². The zero-order valence-electron chi connectivity index (χ0n) is 7.90. The molecule has 0 aliphatic heterocycles. The highest BCUT2D eigenvalue weighted by Crippen LogP contribution is 2.17. The minimum atomic E-state index is 0.811. The summed E-state index contributed by atoms with van der Waals surface area (Å²) in [6.45, 7) is 2.09. The van der Waals surface area contributed by atoms with Gasteiger partial charge in [0.15, 0.2) is 5.82 Å². The van der Waals surface area contributed by atoms with Crippen molar-refractivity contribution in [2.75, 3.05) is 5.75 Å². The van der Waals surface area contributed by atoms with Crippen molar-refractivity contribution in [3.63, 3.8) is 0 Å². The molecule has 2 rings (SSSR count).